The predicted molar refractivity (Wildman–Crippen MR) is 184 cm³/mol. The Labute approximate surface area is 284 Å². The minimum atomic E-state index is -0.364. The summed E-state index contributed by atoms with van der Waals surface area (Å²) < 4.78 is 20.2. The highest BCUT2D eigenvalue weighted by Gasteiger charge is 2.26. The molecular formula is C36H37ClFN7O3. The van der Waals surface area contributed by atoms with E-state index in [1.807, 2.05) is 28.0 Å². The highest BCUT2D eigenvalue weighted by molar-refractivity contribution is 6.31. The number of carbonyl (C=O) groups is 2. The van der Waals surface area contributed by atoms with Gasteiger partial charge in [-0.1, -0.05) is 37.2 Å². The van der Waals surface area contributed by atoms with Gasteiger partial charge in [-0.3, -0.25) is 19.5 Å². The number of ether oxygens (including phenoxy) is 1. The quantitative estimate of drug-likeness (QED) is 0.298. The molecule has 0 atom stereocenters. The van der Waals surface area contributed by atoms with Gasteiger partial charge in [0, 0.05) is 84.0 Å². The van der Waals surface area contributed by atoms with E-state index in [2.05, 4.69) is 15.2 Å². The summed E-state index contributed by atoms with van der Waals surface area (Å²) in [7, 11) is 0. The average molecular weight is 670 g/mol. The molecule has 3 aromatic carbocycles. The van der Waals surface area contributed by atoms with E-state index in [4.69, 9.17) is 26.3 Å². The molecule has 2 fully saturated rings. The topological polar surface area (TPSA) is 103 Å². The molecule has 3 aliphatic rings. The lowest BCUT2D eigenvalue weighted by Crippen LogP contribution is -2.52. The lowest BCUT2D eigenvalue weighted by atomic mass is 9.95. The number of aliphatic imine (C=N–C) groups is 1. The molecule has 12 heteroatoms. The largest absolute Gasteiger partial charge is 0.378 e. The van der Waals surface area contributed by atoms with E-state index < -0.39 is 0 Å². The van der Waals surface area contributed by atoms with E-state index in [9.17, 15) is 14.0 Å². The predicted octanol–water partition coefficient (Wildman–Crippen LogP) is 5.28. The second-order valence-electron chi connectivity index (χ2n) is 11.7. The maximum Gasteiger partial charge on any atom is 0.253 e. The summed E-state index contributed by atoms with van der Waals surface area (Å²) in [4.78, 5) is 45.8. The van der Waals surface area contributed by atoms with Gasteiger partial charge in [-0.15, -0.1) is 0 Å². The lowest BCUT2D eigenvalue weighted by molar-refractivity contribution is -0.136. The number of hydrogen-bond donors (Lipinski definition) is 1. The van der Waals surface area contributed by atoms with Gasteiger partial charge in [0.25, 0.3) is 5.91 Å². The highest BCUT2D eigenvalue weighted by Crippen LogP contribution is 2.34. The second-order valence-corrected chi connectivity index (χ2v) is 12.1. The van der Waals surface area contributed by atoms with E-state index in [1.54, 1.807) is 48.7 Å². The fourth-order valence-corrected chi connectivity index (χ4v) is 6.26. The molecule has 0 aliphatic carbocycles. The number of carbonyl (C=O) groups excluding carboxylic acids is 2. The zero-order valence-electron chi connectivity index (χ0n) is 25.7. The van der Waals surface area contributed by atoms with Gasteiger partial charge in [-0.05, 0) is 48.5 Å². The number of piperazine rings is 1. The van der Waals surface area contributed by atoms with Crippen molar-refractivity contribution in [2.75, 3.05) is 64.3 Å². The molecule has 3 aliphatic heterocycles. The van der Waals surface area contributed by atoms with Crippen molar-refractivity contribution in [2.24, 2.45) is 4.99 Å². The number of amides is 2. The zero-order chi connectivity index (χ0) is 32.3. The highest BCUT2D eigenvalue weighted by atomic mass is 35.5. The summed E-state index contributed by atoms with van der Waals surface area (Å²) in [6.45, 7) is 5.52. The Kier molecular flexibility index (Phi) is 10.1. The van der Waals surface area contributed by atoms with E-state index in [0.717, 1.165) is 16.8 Å². The third-order valence-electron chi connectivity index (χ3n) is 8.66. The minimum Gasteiger partial charge on any atom is -0.378 e. The minimum absolute atomic E-state index is 0. The van der Waals surface area contributed by atoms with Crippen LogP contribution in [-0.4, -0.2) is 101 Å². The second kappa shape index (κ2) is 14.6. The van der Waals surface area contributed by atoms with Crippen LogP contribution in [0.25, 0.3) is 11.3 Å². The van der Waals surface area contributed by atoms with Crippen molar-refractivity contribution >= 4 is 40.8 Å². The van der Waals surface area contributed by atoms with Gasteiger partial charge in [-0.25, -0.2) is 14.4 Å². The molecule has 0 bridgehead atoms. The van der Waals surface area contributed by atoms with Gasteiger partial charge >= 0.3 is 0 Å². The molecule has 48 heavy (non-hydrogen) atoms. The van der Waals surface area contributed by atoms with Crippen molar-refractivity contribution in [3.8, 4) is 11.3 Å². The standard InChI is InChI=1S/C35H33ClFN7O3.CH4/c36-25-7-10-27-29(19-25)33(28-3-1-2-4-30(28)37)38-20-24-21-39-35(41-32(24)27)40-26-8-5-23(6-9-26)34(46)44-13-11-42(12-14-44)22-31(45)43-15-17-47-18-16-43;/h1-10,19,21H,11-18,20,22H2,(H,39,40,41);1H4. The van der Waals surface area contributed by atoms with Crippen molar-refractivity contribution in [3.63, 3.8) is 0 Å². The maximum absolute atomic E-state index is 14.8. The molecule has 0 unspecified atom stereocenters. The summed E-state index contributed by atoms with van der Waals surface area (Å²) in [5, 5.41) is 3.76. The van der Waals surface area contributed by atoms with Gasteiger partial charge in [-0.2, -0.15) is 0 Å². The normalized spacial score (nSPS) is 16.2. The van der Waals surface area contributed by atoms with Crippen LogP contribution in [0.1, 0.15) is 34.5 Å². The molecule has 7 rings (SSSR count). The number of aromatic nitrogens is 2. The van der Waals surface area contributed by atoms with Gasteiger partial charge < -0.3 is 19.9 Å². The molecule has 4 aromatic rings. The molecule has 1 N–H and O–H groups in total. The van der Waals surface area contributed by atoms with Crippen LogP contribution >= 0.6 is 11.6 Å². The molecule has 0 spiro atoms. The molecular weight excluding hydrogens is 633 g/mol. The van der Waals surface area contributed by atoms with Crippen LogP contribution in [0.3, 0.4) is 0 Å². The van der Waals surface area contributed by atoms with Gasteiger partial charge in [0.15, 0.2) is 0 Å². The number of benzene rings is 3. The molecule has 0 saturated carbocycles. The molecule has 248 valence electrons. The van der Waals surface area contributed by atoms with E-state index in [1.165, 1.54) is 6.07 Å². The first-order valence-electron chi connectivity index (χ1n) is 15.6. The summed E-state index contributed by atoms with van der Waals surface area (Å²) >= 11 is 6.38. The first kappa shape index (κ1) is 33.2. The third-order valence-corrected chi connectivity index (χ3v) is 8.90. The molecule has 10 nitrogen and oxygen atoms in total. The van der Waals surface area contributed by atoms with Gasteiger partial charge in [0.1, 0.15) is 5.82 Å². The summed E-state index contributed by atoms with van der Waals surface area (Å²) in [5.74, 6) is 0.0827. The van der Waals surface area contributed by atoms with E-state index in [0.29, 0.717) is 98.1 Å². The number of morpholine rings is 1. The van der Waals surface area contributed by atoms with Gasteiger partial charge in [0.05, 0.1) is 37.7 Å². The smallest absolute Gasteiger partial charge is 0.253 e. The van der Waals surface area contributed by atoms with Crippen LogP contribution in [0.2, 0.25) is 5.02 Å². The maximum atomic E-state index is 14.8. The Morgan fingerprint density at radius 3 is 2.38 bits per heavy atom. The van der Waals surface area contributed by atoms with Crippen LogP contribution in [0.4, 0.5) is 16.0 Å². The first-order chi connectivity index (χ1) is 22.9. The zero-order valence-corrected chi connectivity index (χ0v) is 26.4. The summed E-state index contributed by atoms with van der Waals surface area (Å²) in [6, 6.07) is 19.2. The Hall–Kier alpha value is -4.71. The SMILES string of the molecule is C.O=C(CN1CCN(C(=O)c2ccc(Nc3ncc4c(n3)-c3ccc(Cl)cc3C(c3ccccc3F)=NC4)cc2)CC1)N1CCOCC1. The third kappa shape index (κ3) is 7.08. The Morgan fingerprint density at radius 2 is 1.62 bits per heavy atom. The molecule has 2 amide bonds. The van der Waals surface area contributed by atoms with Crippen LogP contribution in [0.5, 0.6) is 0 Å². The fourth-order valence-electron chi connectivity index (χ4n) is 6.09. The average Bonchev–Trinajstić information content (AvgIpc) is 3.25. The van der Waals surface area contributed by atoms with E-state index >= 15 is 0 Å². The lowest BCUT2D eigenvalue weighted by Gasteiger charge is -2.36. The van der Waals surface area contributed by atoms with Gasteiger partial charge in [0.2, 0.25) is 11.9 Å². The Morgan fingerprint density at radius 1 is 0.875 bits per heavy atom. The number of nitrogens with one attached hydrogen (secondary N) is 1. The van der Waals surface area contributed by atoms with Crippen LogP contribution in [0.15, 0.2) is 77.9 Å². The van der Waals surface area contributed by atoms with Crippen molar-refractivity contribution in [1.29, 1.82) is 0 Å². The number of halogens is 2. The molecule has 4 heterocycles. The Balaban J connectivity index is 0.00000401. The van der Waals surface area contributed by atoms with Crippen LogP contribution in [0, 0.1) is 5.82 Å². The van der Waals surface area contributed by atoms with Crippen molar-refractivity contribution in [1.82, 2.24) is 24.7 Å². The van der Waals surface area contributed by atoms with Crippen molar-refractivity contribution in [3.05, 3.63) is 106 Å². The molecule has 1 aromatic heterocycles. The van der Waals surface area contributed by atoms with Crippen LogP contribution in [-0.2, 0) is 16.1 Å². The molecule has 0 radical (unpaired) electrons. The van der Waals surface area contributed by atoms with Crippen molar-refractivity contribution in [2.45, 2.75) is 14.0 Å². The molecule has 2 saturated heterocycles. The number of fused-ring (bicyclic) bond motifs is 3. The Bertz CT molecular complexity index is 1840. The van der Waals surface area contributed by atoms with Crippen molar-refractivity contribution < 1.29 is 18.7 Å². The van der Waals surface area contributed by atoms with E-state index in [-0.39, 0.29) is 31.6 Å². The number of anilines is 2. The summed E-state index contributed by atoms with van der Waals surface area (Å²) in [5.41, 5.74) is 5.17. The fraction of sp³-hybridized carbons (Fsp3) is 0.306. The van der Waals surface area contributed by atoms with Crippen LogP contribution < -0.4 is 5.32 Å². The number of hydrogen-bond acceptors (Lipinski definition) is 8. The summed E-state index contributed by atoms with van der Waals surface area (Å²) in [6.07, 6.45) is 1.73. The first-order valence-corrected chi connectivity index (χ1v) is 16.0. The number of nitrogens with zero attached hydrogens (tertiary/aromatic N) is 6. The number of rotatable bonds is 6. The monoisotopic (exact) mass is 669 g/mol.